The van der Waals surface area contributed by atoms with E-state index in [0.717, 1.165) is 37.6 Å². The number of ketones is 1. The Morgan fingerprint density at radius 1 is 1.29 bits per heavy atom. The topological polar surface area (TPSA) is 58.3 Å². The van der Waals surface area contributed by atoms with Gasteiger partial charge < -0.3 is 14.2 Å². The number of pyridine rings is 1. The van der Waals surface area contributed by atoms with Crippen LogP contribution in [0.25, 0.3) is 0 Å². The Morgan fingerprint density at radius 2 is 2.04 bits per heavy atom. The van der Waals surface area contributed by atoms with E-state index >= 15 is 0 Å². The Hall–Kier alpha value is -2.11. The summed E-state index contributed by atoms with van der Waals surface area (Å²) in [6.45, 7) is 5.20. The molecule has 2 heterocycles. The number of rotatable bonds is 4. The molecule has 0 spiro atoms. The van der Waals surface area contributed by atoms with Crippen molar-refractivity contribution in [2.45, 2.75) is 13.5 Å². The first-order chi connectivity index (χ1) is 11.5. The van der Waals surface area contributed by atoms with Crippen LogP contribution in [0.15, 0.2) is 36.5 Å². The second-order valence-corrected chi connectivity index (χ2v) is 6.31. The highest BCUT2D eigenvalue weighted by Gasteiger charge is 2.12. The minimum atomic E-state index is -0.154. The van der Waals surface area contributed by atoms with E-state index in [2.05, 4.69) is 17.0 Å². The van der Waals surface area contributed by atoms with Crippen LogP contribution in [0.1, 0.15) is 22.8 Å². The Balaban J connectivity index is 1.89. The lowest BCUT2D eigenvalue weighted by molar-refractivity contribution is 0.101. The molecular weight excluding hydrogens is 326 g/mol. The van der Waals surface area contributed by atoms with Gasteiger partial charge in [0.15, 0.2) is 5.78 Å². The van der Waals surface area contributed by atoms with Crippen LogP contribution in [-0.4, -0.2) is 36.7 Å². The van der Waals surface area contributed by atoms with Gasteiger partial charge in [-0.3, -0.25) is 10.2 Å². The molecule has 1 aliphatic heterocycles. The van der Waals surface area contributed by atoms with Crippen molar-refractivity contribution in [3.05, 3.63) is 58.2 Å². The van der Waals surface area contributed by atoms with Crippen molar-refractivity contribution in [1.29, 1.82) is 5.41 Å². The predicted octanol–water partition coefficient (Wildman–Crippen LogP) is 2.71. The number of hydrogen-bond donors (Lipinski definition) is 1. The first-order valence-corrected chi connectivity index (χ1v) is 8.29. The first-order valence-electron chi connectivity index (χ1n) is 7.92. The summed E-state index contributed by atoms with van der Waals surface area (Å²) < 4.78 is 7.10. The minimum Gasteiger partial charge on any atom is -0.378 e. The molecule has 0 amide bonds. The largest absolute Gasteiger partial charge is 0.378 e. The number of aromatic nitrogens is 1. The molecule has 1 fully saturated rings. The molecule has 3 rings (SSSR count). The van der Waals surface area contributed by atoms with Gasteiger partial charge in [-0.15, -0.1) is 0 Å². The second-order valence-electron chi connectivity index (χ2n) is 5.87. The van der Waals surface area contributed by atoms with Crippen molar-refractivity contribution in [3.8, 4) is 0 Å². The van der Waals surface area contributed by atoms with Crippen molar-refractivity contribution in [3.63, 3.8) is 0 Å². The summed E-state index contributed by atoms with van der Waals surface area (Å²) in [4.78, 5) is 14.0. The molecular formula is C18H20ClN3O2. The number of hydrogen-bond acceptors (Lipinski definition) is 4. The van der Waals surface area contributed by atoms with Gasteiger partial charge in [0.1, 0.15) is 5.49 Å². The number of nitrogens with zero attached hydrogens (tertiary/aromatic N) is 2. The SMILES string of the molecule is CC(=O)c1cc(Cl)cn(Cc2cccc(N3CCOCC3)c2)c1=N. The first kappa shape index (κ1) is 16.7. The summed E-state index contributed by atoms with van der Waals surface area (Å²) in [5.41, 5.74) is 2.74. The summed E-state index contributed by atoms with van der Waals surface area (Å²) in [6, 6.07) is 9.78. The van der Waals surface area contributed by atoms with Gasteiger partial charge in [0.2, 0.25) is 0 Å². The molecule has 1 aliphatic rings. The van der Waals surface area contributed by atoms with Gasteiger partial charge in [0, 0.05) is 31.5 Å². The molecule has 126 valence electrons. The molecule has 0 unspecified atom stereocenters. The number of morpholine rings is 1. The summed E-state index contributed by atoms with van der Waals surface area (Å²) in [7, 11) is 0. The van der Waals surface area contributed by atoms with Crippen LogP contribution in [0, 0.1) is 5.41 Å². The highest BCUT2D eigenvalue weighted by molar-refractivity contribution is 6.30. The van der Waals surface area contributed by atoms with Crippen molar-refractivity contribution >= 4 is 23.1 Å². The summed E-state index contributed by atoms with van der Waals surface area (Å²) in [5, 5.41) is 8.69. The maximum Gasteiger partial charge on any atom is 0.163 e. The number of halogens is 1. The van der Waals surface area contributed by atoms with Crippen LogP contribution >= 0.6 is 11.6 Å². The van der Waals surface area contributed by atoms with Gasteiger partial charge in [0.05, 0.1) is 23.8 Å². The van der Waals surface area contributed by atoms with Crippen LogP contribution in [0.4, 0.5) is 5.69 Å². The number of carbonyl (C=O) groups is 1. The third-order valence-corrected chi connectivity index (χ3v) is 4.33. The average molecular weight is 346 g/mol. The normalized spacial score (nSPS) is 14.7. The lowest BCUT2D eigenvalue weighted by Gasteiger charge is -2.29. The van der Waals surface area contributed by atoms with Gasteiger partial charge in [-0.2, -0.15) is 0 Å². The van der Waals surface area contributed by atoms with E-state index in [-0.39, 0.29) is 11.3 Å². The molecule has 1 N–H and O–H groups in total. The number of anilines is 1. The van der Waals surface area contributed by atoms with Crippen molar-refractivity contribution in [2.24, 2.45) is 0 Å². The summed E-state index contributed by atoms with van der Waals surface area (Å²) in [5.74, 6) is -0.154. The maximum absolute atomic E-state index is 11.7. The Bertz CT molecular complexity index is 810. The van der Waals surface area contributed by atoms with Crippen LogP contribution < -0.4 is 10.4 Å². The highest BCUT2D eigenvalue weighted by atomic mass is 35.5. The van der Waals surface area contributed by atoms with Crippen LogP contribution in [0.2, 0.25) is 5.02 Å². The predicted molar refractivity (Wildman–Crippen MR) is 93.9 cm³/mol. The zero-order valence-electron chi connectivity index (χ0n) is 13.6. The van der Waals surface area contributed by atoms with Gasteiger partial charge in [0.25, 0.3) is 0 Å². The van der Waals surface area contributed by atoms with Crippen molar-refractivity contribution < 1.29 is 9.53 Å². The molecule has 0 saturated carbocycles. The van der Waals surface area contributed by atoms with Crippen molar-refractivity contribution in [1.82, 2.24) is 4.57 Å². The van der Waals surface area contributed by atoms with E-state index in [1.807, 2.05) is 12.1 Å². The number of benzene rings is 1. The molecule has 1 aromatic heterocycles. The average Bonchev–Trinajstić information content (AvgIpc) is 2.58. The third kappa shape index (κ3) is 3.68. The third-order valence-electron chi connectivity index (χ3n) is 4.12. The van der Waals surface area contributed by atoms with Crippen molar-refractivity contribution in [2.75, 3.05) is 31.2 Å². The highest BCUT2D eigenvalue weighted by Crippen LogP contribution is 2.18. The second kappa shape index (κ2) is 7.20. The standard InChI is InChI=1S/C18H20ClN3O2/c1-13(23)17-10-15(19)12-22(18(17)20)11-14-3-2-4-16(9-14)21-5-7-24-8-6-21/h2-4,9-10,12,20H,5-8,11H2,1H3. The zero-order valence-corrected chi connectivity index (χ0v) is 14.3. The smallest absolute Gasteiger partial charge is 0.163 e. The van der Waals surface area contributed by atoms with E-state index < -0.39 is 0 Å². The van der Waals surface area contributed by atoms with E-state index in [1.54, 1.807) is 16.8 Å². The van der Waals surface area contributed by atoms with E-state index in [4.69, 9.17) is 21.7 Å². The molecule has 24 heavy (non-hydrogen) atoms. The maximum atomic E-state index is 11.7. The molecule has 2 aromatic rings. The number of Topliss-reactive ketones (excluding diaryl/α,β-unsaturated/α-hetero) is 1. The fraction of sp³-hybridized carbons (Fsp3) is 0.333. The molecule has 1 saturated heterocycles. The molecule has 0 radical (unpaired) electrons. The van der Waals surface area contributed by atoms with Gasteiger partial charge >= 0.3 is 0 Å². The van der Waals surface area contributed by atoms with Gasteiger partial charge in [-0.25, -0.2) is 0 Å². The zero-order chi connectivity index (χ0) is 17.1. The monoisotopic (exact) mass is 345 g/mol. The Kier molecular flexibility index (Phi) is 5.02. The number of nitrogens with one attached hydrogen (secondary N) is 1. The summed E-state index contributed by atoms with van der Waals surface area (Å²) >= 11 is 6.11. The number of ether oxygens (including phenoxy) is 1. The van der Waals surface area contributed by atoms with E-state index in [9.17, 15) is 4.79 Å². The molecule has 0 atom stereocenters. The van der Waals surface area contributed by atoms with Crippen LogP contribution in [0.3, 0.4) is 0 Å². The lowest BCUT2D eigenvalue weighted by atomic mass is 10.1. The molecule has 6 heteroatoms. The molecule has 0 aliphatic carbocycles. The molecule has 5 nitrogen and oxygen atoms in total. The fourth-order valence-electron chi connectivity index (χ4n) is 2.87. The minimum absolute atomic E-state index is 0.154. The molecule has 0 bridgehead atoms. The van der Waals surface area contributed by atoms with E-state index in [0.29, 0.717) is 17.1 Å². The molecule has 1 aromatic carbocycles. The van der Waals surface area contributed by atoms with Crippen LogP contribution in [0.5, 0.6) is 0 Å². The quantitative estimate of drug-likeness (QED) is 0.867. The summed E-state index contributed by atoms with van der Waals surface area (Å²) in [6.07, 6.45) is 1.69. The van der Waals surface area contributed by atoms with Gasteiger partial charge in [-0.1, -0.05) is 23.7 Å². The van der Waals surface area contributed by atoms with Crippen LogP contribution in [-0.2, 0) is 11.3 Å². The van der Waals surface area contributed by atoms with Gasteiger partial charge in [-0.05, 0) is 30.7 Å². The number of carbonyl (C=O) groups excluding carboxylic acids is 1. The lowest BCUT2D eigenvalue weighted by Crippen LogP contribution is -2.36. The van der Waals surface area contributed by atoms with E-state index in [1.165, 1.54) is 6.92 Å². The fourth-order valence-corrected chi connectivity index (χ4v) is 3.10. The Labute approximate surface area is 145 Å². The Morgan fingerprint density at radius 3 is 2.75 bits per heavy atom.